The number of fused-ring (bicyclic) bond motifs is 1. The fourth-order valence-electron chi connectivity index (χ4n) is 4.56. The topological polar surface area (TPSA) is 85.1 Å². The molecule has 0 saturated heterocycles. The second-order valence-electron chi connectivity index (χ2n) is 9.70. The molecule has 0 fully saturated rings. The molecule has 1 amide bonds. The highest BCUT2D eigenvalue weighted by Crippen LogP contribution is 2.41. The summed E-state index contributed by atoms with van der Waals surface area (Å²) in [6.07, 6.45) is 3.35. The summed E-state index contributed by atoms with van der Waals surface area (Å²) in [5.74, 6) is -0.448. The van der Waals surface area contributed by atoms with Crippen molar-refractivity contribution in [1.29, 1.82) is 0 Å². The van der Waals surface area contributed by atoms with Crippen LogP contribution in [0.15, 0.2) is 102 Å². The second-order valence-corrected chi connectivity index (χ2v) is 12.1. The van der Waals surface area contributed by atoms with Crippen LogP contribution in [-0.2, 0) is 0 Å². The van der Waals surface area contributed by atoms with Crippen molar-refractivity contribution in [3.8, 4) is 22.4 Å². The first-order valence-corrected chi connectivity index (χ1v) is 15.2. The smallest absolute Gasteiger partial charge is 0.267 e. The number of pyridine rings is 1. The summed E-state index contributed by atoms with van der Waals surface area (Å²) in [4.78, 5) is 32.9. The fourth-order valence-corrected chi connectivity index (χ4v) is 6.32. The highest BCUT2D eigenvalue weighted by molar-refractivity contribution is 7.21. The fraction of sp³-hybridized carbons (Fsp3) is 0.0294. The molecule has 3 N–H and O–H groups in total. The molecule has 206 valence electrons. The number of nitrogens with two attached hydrogens (primary N) is 1. The van der Waals surface area contributed by atoms with Crippen molar-refractivity contribution in [1.82, 2.24) is 4.98 Å². The molecule has 3 aromatic carbocycles. The number of allylic oxidation sites excluding steroid dienone is 1. The van der Waals surface area contributed by atoms with Crippen molar-refractivity contribution in [2.45, 2.75) is 6.92 Å². The number of rotatable bonds is 7. The Labute approximate surface area is 255 Å². The minimum absolute atomic E-state index is 0.110. The van der Waals surface area contributed by atoms with Gasteiger partial charge in [-0.15, -0.1) is 22.7 Å². The Morgan fingerprint density at radius 2 is 1.64 bits per heavy atom. The van der Waals surface area contributed by atoms with Gasteiger partial charge in [0.1, 0.15) is 9.71 Å². The van der Waals surface area contributed by atoms with Crippen LogP contribution in [0.1, 0.15) is 30.5 Å². The van der Waals surface area contributed by atoms with Gasteiger partial charge in [-0.1, -0.05) is 59.6 Å². The third kappa shape index (κ3) is 5.76. The van der Waals surface area contributed by atoms with Crippen LogP contribution in [-0.4, -0.2) is 16.7 Å². The number of anilines is 2. The Kier molecular flexibility index (Phi) is 7.71. The van der Waals surface area contributed by atoms with Crippen LogP contribution >= 0.6 is 34.3 Å². The molecule has 3 heterocycles. The largest absolute Gasteiger partial charge is 0.397 e. The summed E-state index contributed by atoms with van der Waals surface area (Å²) < 4.78 is 0. The second kappa shape index (κ2) is 11.7. The number of hydrogen-bond donors (Lipinski definition) is 2. The number of aromatic nitrogens is 1. The number of nitrogen functional groups attached to an aromatic ring is 1. The van der Waals surface area contributed by atoms with E-state index in [1.54, 1.807) is 47.8 Å². The van der Waals surface area contributed by atoms with E-state index in [0.717, 1.165) is 38.2 Å². The molecule has 0 radical (unpaired) electrons. The van der Waals surface area contributed by atoms with E-state index in [4.69, 9.17) is 22.3 Å². The average Bonchev–Trinajstić information content (AvgIpc) is 3.64. The summed E-state index contributed by atoms with van der Waals surface area (Å²) >= 11 is 8.94. The van der Waals surface area contributed by atoms with Gasteiger partial charge in [0.25, 0.3) is 5.91 Å². The van der Waals surface area contributed by atoms with Crippen LogP contribution in [0.5, 0.6) is 0 Å². The SMILES string of the molecule is Cc1ccc(-c2cc(-c3ccc(Cl)cc3)nc3sc(C(=O)Nc4ccc(C(=O)/C=C/c5cccs5)cc4)c(N)c23)cc1. The van der Waals surface area contributed by atoms with Gasteiger partial charge in [-0.05, 0) is 84.1 Å². The predicted octanol–water partition coefficient (Wildman–Crippen LogP) is 9.38. The number of nitrogens with zero attached hydrogens (tertiary/aromatic N) is 1. The molecule has 6 rings (SSSR count). The van der Waals surface area contributed by atoms with Crippen LogP contribution in [0.25, 0.3) is 38.7 Å². The normalized spacial score (nSPS) is 11.3. The highest BCUT2D eigenvalue weighted by atomic mass is 35.5. The van der Waals surface area contributed by atoms with E-state index in [1.807, 2.05) is 79.0 Å². The summed E-state index contributed by atoms with van der Waals surface area (Å²) in [5, 5.41) is 6.27. The van der Waals surface area contributed by atoms with Gasteiger partial charge in [-0.3, -0.25) is 9.59 Å². The average molecular weight is 606 g/mol. The van der Waals surface area contributed by atoms with Crippen molar-refractivity contribution < 1.29 is 9.59 Å². The molecule has 0 aliphatic rings. The Bertz CT molecular complexity index is 1940. The number of halogens is 1. The zero-order chi connectivity index (χ0) is 29.2. The lowest BCUT2D eigenvalue weighted by Gasteiger charge is -2.09. The van der Waals surface area contributed by atoms with Crippen molar-refractivity contribution in [3.63, 3.8) is 0 Å². The van der Waals surface area contributed by atoms with Crippen molar-refractivity contribution >= 4 is 73.6 Å². The molecule has 0 spiro atoms. The van der Waals surface area contributed by atoms with Crippen LogP contribution < -0.4 is 11.1 Å². The summed E-state index contributed by atoms with van der Waals surface area (Å²) in [5.41, 5.74) is 12.8. The van der Waals surface area contributed by atoms with E-state index in [-0.39, 0.29) is 11.7 Å². The lowest BCUT2D eigenvalue weighted by atomic mass is 9.98. The molecule has 0 aliphatic carbocycles. The number of thiophene rings is 2. The minimum atomic E-state index is -0.338. The maximum atomic E-state index is 13.4. The number of benzene rings is 3. The lowest BCUT2D eigenvalue weighted by molar-refractivity contribution is 0.102. The number of nitrogens with one attached hydrogen (secondary N) is 1. The van der Waals surface area contributed by atoms with Gasteiger partial charge < -0.3 is 11.1 Å². The summed E-state index contributed by atoms with van der Waals surface area (Å²) in [6.45, 7) is 2.04. The van der Waals surface area contributed by atoms with E-state index in [2.05, 4.69) is 5.32 Å². The lowest BCUT2D eigenvalue weighted by Crippen LogP contribution is -2.12. The van der Waals surface area contributed by atoms with E-state index in [9.17, 15) is 9.59 Å². The monoisotopic (exact) mass is 605 g/mol. The van der Waals surface area contributed by atoms with Crippen LogP contribution in [0.4, 0.5) is 11.4 Å². The number of carbonyl (C=O) groups is 2. The maximum Gasteiger partial charge on any atom is 0.267 e. The number of amides is 1. The van der Waals surface area contributed by atoms with Gasteiger partial charge >= 0.3 is 0 Å². The molecule has 42 heavy (non-hydrogen) atoms. The maximum absolute atomic E-state index is 13.4. The van der Waals surface area contributed by atoms with Crippen LogP contribution in [0, 0.1) is 6.92 Å². The number of carbonyl (C=O) groups excluding carboxylic acids is 2. The van der Waals surface area contributed by atoms with Crippen molar-refractivity contribution in [2.24, 2.45) is 0 Å². The van der Waals surface area contributed by atoms with Gasteiger partial charge in [0.05, 0.1) is 11.4 Å². The minimum Gasteiger partial charge on any atom is -0.397 e. The van der Waals surface area contributed by atoms with E-state index in [0.29, 0.717) is 31.7 Å². The molecule has 0 unspecified atom stereocenters. The third-order valence-corrected chi connectivity index (χ3v) is 8.96. The van der Waals surface area contributed by atoms with Gasteiger partial charge in [0.15, 0.2) is 5.78 Å². The Morgan fingerprint density at radius 1 is 0.929 bits per heavy atom. The van der Waals surface area contributed by atoms with Crippen LogP contribution in [0.3, 0.4) is 0 Å². The van der Waals surface area contributed by atoms with Gasteiger partial charge in [-0.25, -0.2) is 4.98 Å². The van der Waals surface area contributed by atoms with Gasteiger partial charge in [-0.2, -0.15) is 0 Å². The number of aryl methyl sites for hydroxylation is 1. The molecular weight excluding hydrogens is 582 g/mol. The summed E-state index contributed by atoms with van der Waals surface area (Å²) in [7, 11) is 0. The first-order valence-electron chi connectivity index (χ1n) is 13.1. The molecule has 0 aliphatic heterocycles. The molecule has 5 nitrogen and oxygen atoms in total. The molecule has 0 atom stereocenters. The number of hydrogen-bond acceptors (Lipinski definition) is 6. The van der Waals surface area contributed by atoms with Crippen LogP contribution in [0.2, 0.25) is 5.02 Å². The predicted molar refractivity (Wildman–Crippen MR) is 177 cm³/mol. The Morgan fingerprint density at radius 3 is 2.33 bits per heavy atom. The van der Waals surface area contributed by atoms with Crippen molar-refractivity contribution in [2.75, 3.05) is 11.1 Å². The third-order valence-electron chi connectivity index (χ3n) is 6.78. The zero-order valence-corrected chi connectivity index (χ0v) is 24.8. The van der Waals surface area contributed by atoms with E-state index >= 15 is 0 Å². The summed E-state index contributed by atoms with van der Waals surface area (Å²) in [6, 6.07) is 28.4. The number of ketones is 1. The molecule has 3 aromatic heterocycles. The highest BCUT2D eigenvalue weighted by Gasteiger charge is 2.22. The molecule has 8 heteroatoms. The molecule has 0 saturated carbocycles. The standard InChI is InChI=1S/C34H24ClN3O2S2/c1-20-4-6-21(7-5-20)27-19-28(22-8-12-24(35)13-9-22)38-34-30(27)31(36)32(42-34)33(40)37-25-14-10-23(11-15-25)29(39)17-16-26-3-2-18-41-26/h2-19H,36H2,1H3,(H,37,40)/b17-16+. The van der Waals surface area contributed by atoms with Gasteiger partial charge in [0.2, 0.25) is 0 Å². The molecular formula is C34H24ClN3O2S2. The first kappa shape index (κ1) is 27.6. The van der Waals surface area contributed by atoms with E-state index in [1.165, 1.54) is 11.3 Å². The van der Waals surface area contributed by atoms with Gasteiger partial charge in [0, 0.05) is 32.1 Å². The molecule has 0 bridgehead atoms. The Hall–Kier alpha value is -4.56. The Balaban J connectivity index is 1.32. The zero-order valence-electron chi connectivity index (χ0n) is 22.4. The molecule has 6 aromatic rings. The quantitative estimate of drug-likeness (QED) is 0.140. The van der Waals surface area contributed by atoms with E-state index < -0.39 is 0 Å². The van der Waals surface area contributed by atoms with Crippen molar-refractivity contribution in [3.05, 3.63) is 128 Å². The first-order chi connectivity index (χ1) is 20.4.